The Kier molecular flexibility index (Phi) is 3.93. The van der Waals surface area contributed by atoms with E-state index in [1.807, 2.05) is 0 Å². The highest BCUT2D eigenvalue weighted by Gasteiger charge is 2.33. The van der Waals surface area contributed by atoms with Crippen LogP contribution in [0.4, 0.5) is 13.2 Å². The van der Waals surface area contributed by atoms with Gasteiger partial charge < -0.3 is 4.74 Å². The second-order valence-corrected chi connectivity index (χ2v) is 3.40. The summed E-state index contributed by atoms with van der Waals surface area (Å²) >= 11 is 0. The van der Waals surface area contributed by atoms with Crippen LogP contribution in [-0.2, 0) is 15.7 Å². The number of hydrogen-bond acceptors (Lipinski definition) is 2. The van der Waals surface area contributed by atoms with Gasteiger partial charge >= 0.3 is 12.1 Å². The summed E-state index contributed by atoms with van der Waals surface area (Å²) in [6.45, 7) is 3.49. The molecule has 0 N–H and O–H groups in total. The number of halogens is 3. The zero-order valence-electron chi connectivity index (χ0n) is 9.17. The Morgan fingerprint density at radius 2 is 1.94 bits per heavy atom. The van der Waals surface area contributed by atoms with Crippen LogP contribution in [0.25, 0.3) is 5.57 Å². The lowest BCUT2D eigenvalue weighted by Gasteiger charge is -2.13. The van der Waals surface area contributed by atoms with Gasteiger partial charge in [-0.3, -0.25) is 4.79 Å². The Balaban J connectivity index is 3.06. The molecule has 0 saturated heterocycles. The predicted octanol–water partition coefficient (Wildman–Crippen LogP) is 3.28. The minimum Gasteiger partial charge on any atom is -0.469 e. The molecule has 92 valence electrons. The Morgan fingerprint density at radius 1 is 1.35 bits per heavy atom. The largest absolute Gasteiger partial charge is 0.469 e. The molecule has 17 heavy (non-hydrogen) atoms. The molecule has 1 rings (SSSR count). The number of carbonyl (C=O) groups is 1. The van der Waals surface area contributed by atoms with E-state index in [-0.39, 0.29) is 17.6 Å². The lowest BCUT2D eigenvalue weighted by Crippen LogP contribution is -2.10. The van der Waals surface area contributed by atoms with E-state index in [9.17, 15) is 18.0 Å². The third kappa shape index (κ3) is 3.34. The van der Waals surface area contributed by atoms with Crippen molar-refractivity contribution in [3.63, 3.8) is 0 Å². The Labute approximate surface area is 96.7 Å². The maximum absolute atomic E-state index is 12.7. The van der Waals surface area contributed by atoms with Gasteiger partial charge in [0.2, 0.25) is 0 Å². The van der Waals surface area contributed by atoms with E-state index in [1.165, 1.54) is 25.3 Å². The van der Waals surface area contributed by atoms with Gasteiger partial charge in [0.1, 0.15) is 0 Å². The van der Waals surface area contributed by atoms with Crippen molar-refractivity contribution in [2.45, 2.75) is 12.6 Å². The zero-order chi connectivity index (χ0) is 13.1. The first-order chi connectivity index (χ1) is 7.86. The van der Waals surface area contributed by atoms with Crippen molar-refractivity contribution in [2.75, 3.05) is 7.11 Å². The second-order valence-electron chi connectivity index (χ2n) is 3.40. The highest BCUT2D eigenvalue weighted by atomic mass is 19.4. The topological polar surface area (TPSA) is 26.3 Å². The summed E-state index contributed by atoms with van der Waals surface area (Å²) in [7, 11) is 1.17. The molecule has 0 heterocycles. The molecule has 0 aliphatic rings. The molecule has 0 unspecified atom stereocenters. The molecule has 0 bridgehead atoms. The molecule has 0 radical (unpaired) electrons. The van der Waals surface area contributed by atoms with E-state index in [0.29, 0.717) is 0 Å². The summed E-state index contributed by atoms with van der Waals surface area (Å²) in [6.07, 6.45) is -4.72. The van der Waals surface area contributed by atoms with Gasteiger partial charge in [-0.1, -0.05) is 24.8 Å². The standard InChI is InChI=1S/C12H11F3O2/c1-8(7-11(16)17-2)9-5-3-4-6-10(9)12(13,14)15/h3-6H,1,7H2,2H3. The van der Waals surface area contributed by atoms with Gasteiger partial charge in [-0.05, 0) is 17.2 Å². The van der Waals surface area contributed by atoms with E-state index in [0.717, 1.165) is 6.07 Å². The molecule has 0 fully saturated rings. The molecule has 0 atom stereocenters. The number of methoxy groups -OCH3 is 1. The molecule has 0 aromatic heterocycles. The van der Waals surface area contributed by atoms with Gasteiger partial charge in [0.25, 0.3) is 0 Å². The van der Waals surface area contributed by atoms with Gasteiger partial charge in [0, 0.05) is 0 Å². The summed E-state index contributed by atoms with van der Waals surface area (Å²) in [5.74, 6) is -0.619. The van der Waals surface area contributed by atoms with Crippen molar-refractivity contribution in [2.24, 2.45) is 0 Å². The number of carbonyl (C=O) groups excluding carboxylic acids is 1. The number of hydrogen-bond donors (Lipinski definition) is 0. The van der Waals surface area contributed by atoms with E-state index >= 15 is 0 Å². The van der Waals surface area contributed by atoms with Crippen molar-refractivity contribution in [3.8, 4) is 0 Å². The fourth-order valence-corrected chi connectivity index (χ4v) is 1.38. The molecule has 0 aliphatic carbocycles. The summed E-state index contributed by atoms with van der Waals surface area (Å²) in [5.41, 5.74) is -0.788. The van der Waals surface area contributed by atoms with Crippen molar-refractivity contribution in [1.82, 2.24) is 0 Å². The number of alkyl halides is 3. The van der Waals surface area contributed by atoms with E-state index < -0.39 is 17.7 Å². The molecule has 1 aromatic rings. The molecule has 5 heteroatoms. The first-order valence-corrected chi connectivity index (χ1v) is 4.77. The average Bonchev–Trinajstić information content (AvgIpc) is 2.27. The van der Waals surface area contributed by atoms with Crippen LogP contribution in [0.5, 0.6) is 0 Å². The van der Waals surface area contributed by atoms with Crippen LogP contribution in [-0.4, -0.2) is 13.1 Å². The summed E-state index contributed by atoms with van der Waals surface area (Å²) < 4.78 is 42.4. The van der Waals surface area contributed by atoms with Crippen molar-refractivity contribution in [1.29, 1.82) is 0 Å². The predicted molar refractivity (Wildman–Crippen MR) is 57.1 cm³/mol. The third-order valence-electron chi connectivity index (χ3n) is 2.20. The Morgan fingerprint density at radius 3 is 2.47 bits per heavy atom. The minimum absolute atomic E-state index is 0.0783. The van der Waals surface area contributed by atoms with Crippen molar-refractivity contribution in [3.05, 3.63) is 42.0 Å². The van der Waals surface area contributed by atoms with Crippen LogP contribution < -0.4 is 0 Å². The molecule has 0 spiro atoms. The second kappa shape index (κ2) is 5.03. The van der Waals surface area contributed by atoms with Crippen LogP contribution >= 0.6 is 0 Å². The number of esters is 1. The van der Waals surface area contributed by atoms with Gasteiger partial charge in [-0.2, -0.15) is 13.2 Å². The first-order valence-electron chi connectivity index (χ1n) is 4.77. The first kappa shape index (κ1) is 13.3. The SMILES string of the molecule is C=C(CC(=O)OC)c1ccccc1C(F)(F)F. The van der Waals surface area contributed by atoms with Gasteiger partial charge in [-0.15, -0.1) is 0 Å². The van der Waals surface area contributed by atoms with E-state index in [4.69, 9.17) is 0 Å². The molecule has 0 saturated carbocycles. The fraction of sp³-hybridized carbons (Fsp3) is 0.250. The number of benzene rings is 1. The fourth-order valence-electron chi connectivity index (χ4n) is 1.38. The summed E-state index contributed by atoms with van der Waals surface area (Å²) in [5, 5.41) is 0. The normalized spacial score (nSPS) is 11.1. The quantitative estimate of drug-likeness (QED) is 0.763. The smallest absolute Gasteiger partial charge is 0.416 e. The minimum atomic E-state index is -4.46. The number of rotatable bonds is 3. The molecule has 1 aromatic carbocycles. The molecular weight excluding hydrogens is 233 g/mol. The van der Waals surface area contributed by atoms with Crippen LogP contribution in [0.1, 0.15) is 17.5 Å². The summed E-state index contributed by atoms with van der Waals surface area (Å²) in [4.78, 5) is 11.0. The highest BCUT2D eigenvalue weighted by Crippen LogP contribution is 2.35. The highest BCUT2D eigenvalue weighted by molar-refractivity contribution is 5.85. The van der Waals surface area contributed by atoms with E-state index in [2.05, 4.69) is 11.3 Å². The van der Waals surface area contributed by atoms with Gasteiger partial charge in [-0.25, -0.2) is 0 Å². The molecule has 2 nitrogen and oxygen atoms in total. The molecular formula is C12H11F3O2. The average molecular weight is 244 g/mol. The van der Waals surface area contributed by atoms with Crippen molar-refractivity contribution >= 4 is 11.5 Å². The zero-order valence-corrected chi connectivity index (χ0v) is 9.17. The maximum atomic E-state index is 12.7. The van der Waals surface area contributed by atoms with E-state index in [1.54, 1.807) is 0 Å². The lowest BCUT2D eigenvalue weighted by atomic mass is 9.98. The van der Waals surface area contributed by atoms with Gasteiger partial charge in [0.15, 0.2) is 0 Å². The van der Waals surface area contributed by atoms with Gasteiger partial charge in [0.05, 0.1) is 19.1 Å². The molecule has 0 aliphatic heterocycles. The van der Waals surface area contributed by atoms with Crippen LogP contribution in [0.3, 0.4) is 0 Å². The maximum Gasteiger partial charge on any atom is 0.416 e. The number of ether oxygens (including phenoxy) is 1. The third-order valence-corrected chi connectivity index (χ3v) is 2.20. The monoisotopic (exact) mass is 244 g/mol. The van der Waals surface area contributed by atoms with Crippen molar-refractivity contribution < 1.29 is 22.7 Å². The Hall–Kier alpha value is -1.78. The van der Waals surface area contributed by atoms with Crippen LogP contribution in [0.15, 0.2) is 30.8 Å². The van der Waals surface area contributed by atoms with Crippen LogP contribution in [0, 0.1) is 0 Å². The van der Waals surface area contributed by atoms with Crippen LogP contribution in [0.2, 0.25) is 0 Å². The molecule has 0 amide bonds. The summed E-state index contributed by atoms with van der Waals surface area (Å²) in [6, 6.07) is 5.00. The Bertz CT molecular complexity index is 436. The lowest BCUT2D eigenvalue weighted by molar-refractivity contribution is -0.140.